The molecule has 17 heavy (non-hydrogen) atoms. The molecule has 3 heteroatoms. The van der Waals surface area contributed by atoms with Gasteiger partial charge in [-0.3, -0.25) is 4.99 Å². The van der Waals surface area contributed by atoms with Crippen LogP contribution in [0.4, 0.5) is 0 Å². The Bertz CT molecular complexity index is 245. The number of guanidine groups is 1. The number of hydrogen-bond acceptors (Lipinski definition) is 1. The summed E-state index contributed by atoms with van der Waals surface area (Å²) < 4.78 is 0. The van der Waals surface area contributed by atoms with Crippen molar-refractivity contribution >= 4 is 5.96 Å². The normalized spacial score (nSPS) is 19.6. The van der Waals surface area contributed by atoms with Crippen LogP contribution < -0.4 is 5.32 Å². The molecule has 1 fully saturated rings. The molecule has 0 unspecified atom stereocenters. The zero-order chi connectivity index (χ0) is 12.9. The van der Waals surface area contributed by atoms with Crippen LogP contribution in [0.5, 0.6) is 0 Å². The molecule has 1 saturated heterocycles. The molecule has 0 aromatic rings. The van der Waals surface area contributed by atoms with Crippen LogP contribution in [-0.4, -0.2) is 37.5 Å². The topological polar surface area (TPSA) is 27.6 Å². The predicted molar refractivity (Wildman–Crippen MR) is 75.4 cm³/mol. The molecule has 0 aromatic heterocycles. The predicted octanol–water partition coefficient (Wildman–Crippen LogP) is 2.73. The van der Waals surface area contributed by atoms with E-state index in [9.17, 15) is 0 Å². The average Bonchev–Trinajstić information content (AvgIpc) is 2.24. The van der Waals surface area contributed by atoms with Gasteiger partial charge in [0.25, 0.3) is 0 Å². The van der Waals surface area contributed by atoms with Crippen LogP contribution >= 0.6 is 0 Å². The molecule has 1 rings (SSSR count). The Labute approximate surface area is 107 Å². The van der Waals surface area contributed by atoms with Gasteiger partial charge < -0.3 is 10.2 Å². The lowest BCUT2D eigenvalue weighted by Gasteiger charge is -2.33. The van der Waals surface area contributed by atoms with E-state index in [0.717, 1.165) is 31.5 Å². The first-order valence-electron chi connectivity index (χ1n) is 6.88. The summed E-state index contributed by atoms with van der Waals surface area (Å²) in [4.78, 5) is 6.78. The first-order valence-corrected chi connectivity index (χ1v) is 6.88. The van der Waals surface area contributed by atoms with Crippen molar-refractivity contribution < 1.29 is 0 Å². The summed E-state index contributed by atoms with van der Waals surface area (Å²) in [7, 11) is 1.89. The first-order chi connectivity index (χ1) is 7.92. The molecule has 0 saturated carbocycles. The fourth-order valence-corrected chi connectivity index (χ4v) is 2.10. The minimum absolute atomic E-state index is 0.391. The van der Waals surface area contributed by atoms with Crippen molar-refractivity contribution in [1.82, 2.24) is 10.2 Å². The summed E-state index contributed by atoms with van der Waals surface area (Å²) in [6.07, 6.45) is 3.76. The smallest absolute Gasteiger partial charge is 0.193 e. The van der Waals surface area contributed by atoms with E-state index in [1.807, 2.05) is 7.05 Å². The van der Waals surface area contributed by atoms with Crippen LogP contribution in [0.25, 0.3) is 0 Å². The zero-order valence-electron chi connectivity index (χ0n) is 12.2. The second kappa shape index (κ2) is 6.27. The average molecular weight is 239 g/mol. The molecule has 100 valence electrons. The van der Waals surface area contributed by atoms with Gasteiger partial charge in [-0.15, -0.1) is 0 Å². The monoisotopic (exact) mass is 239 g/mol. The summed E-state index contributed by atoms with van der Waals surface area (Å²) in [5, 5.41) is 3.49. The van der Waals surface area contributed by atoms with Crippen molar-refractivity contribution in [2.75, 3.05) is 26.7 Å². The number of nitrogens with one attached hydrogen (secondary N) is 1. The van der Waals surface area contributed by atoms with E-state index in [2.05, 4.69) is 42.9 Å². The molecule has 3 nitrogen and oxygen atoms in total. The Morgan fingerprint density at radius 1 is 1.29 bits per heavy atom. The maximum atomic E-state index is 4.39. The van der Waals surface area contributed by atoms with Gasteiger partial charge in [-0.25, -0.2) is 0 Å². The van der Waals surface area contributed by atoms with Gasteiger partial charge in [0.05, 0.1) is 0 Å². The zero-order valence-corrected chi connectivity index (χ0v) is 12.2. The lowest BCUT2D eigenvalue weighted by Crippen LogP contribution is -2.45. The molecular formula is C14H29N3. The van der Waals surface area contributed by atoms with Crippen LogP contribution in [0.1, 0.15) is 47.0 Å². The minimum Gasteiger partial charge on any atom is -0.356 e. The van der Waals surface area contributed by atoms with Crippen LogP contribution in [-0.2, 0) is 0 Å². The molecule has 0 atom stereocenters. The van der Waals surface area contributed by atoms with Crippen LogP contribution in [0.3, 0.4) is 0 Å². The van der Waals surface area contributed by atoms with E-state index in [-0.39, 0.29) is 0 Å². The van der Waals surface area contributed by atoms with Crippen molar-refractivity contribution in [3.05, 3.63) is 0 Å². The molecule has 1 aliphatic rings. The highest BCUT2D eigenvalue weighted by Crippen LogP contribution is 2.18. The highest BCUT2D eigenvalue weighted by Gasteiger charge is 2.18. The van der Waals surface area contributed by atoms with Crippen molar-refractivity contribution in [2.24, 2.45) is 16.3 Å². The Morgan fingerprint density at radius 2 is 1.88 bits per heavy atom. The van der Waals surface area contributed by atoms with E-state index in [1.54, 1.807) is 0 Å². The molecule has 0 bridgehead atoms. The fraction of sp³-hybridized carbons (Fsp3) is 0.929. The third-order valence-electron chi connectivity index (χ3n) is 3.45. The summed E-state index contributed by atoms with van der Waals surface area (Å²) in [5.41, 5.74) is 0.391. The van der Waals surface area contributed by atoms with Gasteiger partial charge in [0.15, 0.2) is 5.96 Å². The highest BCUT2D eigenvalue weighted by atomic mass is 15.3. The number of likely N-dealkylation sites (tertiary alicyclic amines) is 1. The third kappa shape index (κ3) is 5.42. The quantitative estimate of drug-likeness (QED) is 0.593. The molecule has 0 spiro atoms. The van der Waals surface area contributed by atoms with Gasteiger partial charge in [-0.1, -0.05) is 27.7 Å². The van der Waals surface area contributed by atoms with E-state index in [4.69, 9.17) is 0 Å². The summed E-state index contributed by atoms with van der Waals surface area (Å²) in [5.74, 6) is 1.96. The van der Waals surface area contributed by atoms with Gasteiger partial charge in [0.2, 0.25) is 0 Å². The van der Waals surface area contributed by atoms with Crippen molar-refractivity contribution in [1.29, 1.82) is 0 Å². The van der Waals surface area contributed by atoms with Crippen molar-refractivity contribution in [2.45, 2.75) is 47.0 Å². The Kier molecular flexibility index (Phi) is 5.29. The second-order valence-corrected chi connectivity index (χ2v) is 6.45. The van der Waals surface area contributed by atoms with Crippen LogP contribution in [0.2, 0.25) is 0 Å². The lowest BCUT2D eigenvalue weighted by atomic mass is 9.92. The first kappa shape index (κ1) is 14.3. The van der Waals surface area contributed by atoms with Crippen molar-refractivity contribution in [3.8, 4) is 0 Å². The summed E-state index contributed by atoms with van der Waals surface area (Å²) >= 11 is 0. The minimum atomic E-state index is 0.391. The Morgan fingerprint density at radius 3 is 2.35 bits per heavy atom. The number of hydrogen-bond donors (Lipinski definition) is 1. The van der Waals surface area contributed by atoms with E-state index < -0.39 is 0 Å². The molecule has 0 aromatic carbocycles. The largest absolute Gasteiger partial charge is 0.356 e. The number of piperidine rings is 1. The molecule has 1 aliphatic heterocycles. The number of aliphatic imine (C=N–C) groups is 1. The number of nitrogens with zero attached hydrogens (tertiary/aromatic N) is 2. The summed E-state index contributed by atoms with van der Waals surface area (Å²) in [6, 6.07) is 0. The lowest BCUT2D eigenvalue weighted by molar-refractivity contribution is 0.271. The van der Waals surface area contributed by atoms with E-state index in [1.165, 1.54) is 19.3 Å². The Balaban J connectivity index is 2.34. The highest BCUT2D eigenvalue weighted by molar-refractivity contribution is 5.79. The maximum absolute atomic E-state index is 4.39. The van der Waals surface area contributed by atoms with Gasteiger partial charge in [0.1, 0.15) is 0 Å². The van der Waals surface area contributed by atoms with Crippen LogP contribution in [0.15, 0.2) is 4.99 Å². The number of rotatable bonds is 2. The molecule has 0 aliphatic carbocycles. The second-order valence-electron chi connectivity index (χ2n) is 6.45. The van der Waals surface area contributed by atoms with Crippen LogP contribution in [0, 0.1) is 11.3 Å². The molecule has 1 N–H and O–H groups in total. The van der Waals surface area contributed by atoms with Crippen molar-refractivity contribution in [3.63, 3.8) is 0 Å². The SMILES string of the molecule is CN=C(NCCC(C)(C)C)N1CCC(C)CC1. The van der Waals surface area contributed by atoms with Gasteiger partial charge in [-0.05, 0) is 30.6 Å². The standard InChI is InChI=1S/C14H29N3/c1-12-6-10-17(11-7-12)13(15-5)16-9-8-14(2,3)4/h12H,6-11H2,1-5H3,(H,15,16). The van der Waals surface area contributed by atoms with Gasteiger partial charge >= 0.3 is 0 Å². The van der Waals surface area contributed by atoms with Gasteiger partial charge in [-0.2, -0.15) is 0 Å². The van der Waals surface area contributed by atoms with E-state index in [0.29, 0.717) is 5.41 Å². The molecule has 0 amide bonds. The molecular weight excluding hydrogens is 210 g/mol. The maximum Gasteiger partial charge on any atom is 0.193 e. The summed E-state index contributed by atoms with van der Waals surface area (Å²) in [6.45, 7) is 12.5. The molecule has 1 heterocycles. The van der Waals surface area contributed by atoms with E-state index >= 15 is 0 Å². The Hall–Kier alpha value is -0.730. The molecule has 0 radical (unpaired) electrons. The third-order valence-corrected chi connectivity index (χ3v) is 3.45. The fourth-order valence-electron chi connectivity index (χ4n) is 2.10. The van der Waals surface area contributed by atoms with Gasteiger partial charge in [0, 0.05) is 26.7 Å².